The number of ether oxygens (including phenoxy) is 1. The van der Waals surface area contributed by atoms with E-state index in [1.807, 2.05) is 45.0 Å². The molecule has 1 N–H and O–H groups in total. The molecule has 0 unspecified atom stereocenters. The van der Waals surface area contributed by atoms with Crippen LogP contribution in [0.5, 0.6) is 5.75 Å². The van der Waals surface area contributed by atoms with Crippen LogP contribution in [0.1, 0.15) is 23.6 Å². The molecule has 0 aliphatic carbocycles. The van der Waals surface area contributed by atoms with E-state index < -0.39 is 0 Å². The normalized spacial score (nSPS) is 10.4. The van der Waals surface area contributed by atoms with Gasteiger partial charge in [0.05, 0.1) is 0 Å². The van der Waals surface area contributed by atoms with Crippen LogP contribution in [0.2, 0.25) is 5.02 Å². The number of halogens is 1. The third-order valence-corrected chi connectivity index (χ3v) is 3.64. The Morgan fingerprint density at radius 3 is 2.60 bits per heavy atom. The van der Waals surface area contributed by atoms with Crippen molar-refractivity contribution in [3.8, 4) is 5.75 Å². The van der Waals surface area contributed by atoms with Gasteiger partial charge < -0.3 is 10.1 Å². The van der Waals surface area contributed by atoms with E-state index in [0.717, 1.165) is 39.8 Å². The van der Waals surface area contributed by atoms with Gasteiger partial charge >= 0.3 is 0 Å². The summed E-state index contributed by atoms with van der Waals surface area (Å²) < 4.78 is 5.86. The average Bonchev–Trinajstić information content (AvgIpc) is 2.44. The highest BCUT2D eigenvalue weighted by atomic mass is 35.5. The third kappa shape index (κ3) is 3.42. The summed E-state index contributed by atoms with van der Waals surface area (Å²) in [6.07, 6.45) is 1.78. The van der Waals surface area contributed by atoms with Gasteiger partial charge in [-0.3, -0.25) is 0 Å². The van der Waals surface area contributed by atoms with E-state index in [2.05, 4.69) is 10.3 Å². The molecule has 0 amide bonds. The number of nitrogens with one attached hydrogen (secondary N) is 1. The summed E-state index contributed by atoms with van der Waals surface area (Å²) in [4.78, 5) is 4.32. The lowest BCUT2D eigenvalue weighted by Crippen LogP contribution is -2.05. The van der Waals surface area contributed by atoms with Crippen molar-refractivity contribution in [3.63, 3.8) is 0 Å². The smallest absolute Gasteiger partial charge is 0.132 e. The van der Waals surface area contributed by atoms with Crippen molar-refractivity contribution in [1.82, 2.24) is 4.98 Å². The van der Waals surface area contributed by atoms with Crippen LogP contribution in [0.15, 0.2) is 30.5 Å². The quantitative estimate of drug-likeness (QED) is 0.888. The number of benzene rings is 1. The lowest BCUT2D eigenvalue weighted by Gasteiger charge is -2.12. The first-order valence-electron chi connectivity index (χ1n) is 6.69. The van der Waals surface area contributed by atoms with Crippen LogP contribution in [-0.4, -0.2) is 11.5 Å². The molecule has 1 heterocycles. The fourth-order valence-corrected chi connectivity index (χ4v) is 2.14. The van der Waals surface area contributed by atoms with Crippen LogP contribution in [0.3, 0.4) is 0 Å². The summed E-state index contributed by atoms with van der Waals surface area (Å²) in [6, 6.07) is 7.84. The molecule has 0 aliphatic heterocycles. The van der Waals surface area contributed by atoms with Gasteiger partial charge in [0.2, 0.25) is 0 Å². The van der Waals surface area contributed by atoms with Crippen LogP contribution in [0.4, 0.5) is 5.82 Å². The maximum Gasteiger partial charge on any atom is 0.132 e. The van der Waals surface area contributed by atoms with Crippen molar-refractivity contribution in [2.24, 2.45) is 0 Å². The number of hydrogen-bond donors (Lipinski definition) is 1. The van der Waals surface area contributed by atoms with Crippen molar-refractivity contribution in [2.75, 3.05) is 11.9 Å². The van der Waals surface area contributed by atoms with Crippen LogP contribution in [0.25, 0.3) is 0 Å². The number of nitrogens with zero attached hydrogens (tertiary/aromatic N) is 1. The molecule has 0 radical (unpaired) electrons. The predicted octanol–water partition coefficient (Wildman–Crippen LogP) is 4.36. The molecule has 0 atom stereocenters. The summed E-state index contributed by atoms with van der Waals surface area (Å²) in [7, 11) is 0. The van der Waals surface area contributed by atoms with Gasteiger partial charge in [-0.05, 0) is 50.1 Å². The van der Waals surface area contributed by atoms with Gasteiger partial charge in [0.15, 0.2) is 0 Å². The minimum absolute atomic E-state index is 0.483. The fourth-order valence-electron chi connectivity index (χ4n) is 2.03. The maximum atomic E-state index is 6.16. The Labute approximate surface area is 124 Å². The Morgan fingerprint density at radius 2 is 1.95 bits per heavy atom. The highest BCUT2D eigenvalue weighted by molar-refractivity contribution is 6.32. The molecule has 4 heteroatoms. The van der Waals surface area contributed by atoms with E-state index in [9.17, 15) is 0 Å². The molecule has 20 heavy (non-hydrogen) atoms. The third-order valence-electron chi connectivity index (χ3n) is 3.04. The zero-order valence-corrected chi connectivity index (χ0v) is 12.8. The van der Waals surface area contributed by atoms with Gasteiger partial charge in [-0.2, -0.15) is 0 Å². The molecule has 0 saturated heterocycles. The highest BCUT2D eigenvalue weighted by Crippen LogP contribution is 2.26. The standard InChI is InChI=1S/C16H19ClN2O/c1-4-18-16-13(6-5-7-19-16)10-20-14-8-11(2)15(17)12(3)9-14/h5-9H,4,10H2,1-3H3,(H,18,19). The second-order valence-corrected chi connectivity index (χ2v) is 5.08. The van der Waals surface area contributed by atoms with Crippen LogP contribution < -0.4 is 10.1 Å². The second kappa shape index (κ2) is 6.62. The van der Waals surface area contributed by atoms with E-state index in [4.69, 9.17) is 16.3 Å². The number of anilines is 1. The van der Waals surface area contributed by atoms with Crippen LogP contribution in [-0.2, 0) is 6.61 Å². The summed E-state index contributed by atoms with van der Waals surface area (Å²) >= 11 is 6.16. The minimum atomic E-state index is 0.483. The molecular formula is C16H19ClN2O. The summed E-state index contributed by atoms with van der Waals surface area (Å²) in [5.41, 5.74) is 3.10. The van der Waals surface area contributed by atoms with Gasteiger partial charge in [0.25, 0.3) is 0 Å². The van der Waals surface area contributed by atoms with Gasteiger partial charge in [0, 0.05) is 23.3 Å². The molecule has 0 aliphatic rings. The van der Waals surface area contributed by atoms with E-state index in [0.29, 0.717) is 6.61 Å². The predicted molar refractivity (Wildman–Crippen MR) is 83.7 cm³/mol. The second-order valence-electron chi connectivity index (χ2n) is 4.70. The van der Waals surface area contributed by atoms with Gasteiger partial charge in [0.1, 0.15) is 18.2 Å². The van der Waals surface area contributed by atoms with Gasteiger partial charge in [-0.25, -0.2) is 4.98 Å². The average molecular weight is 291 g/mol. The lowest BCUT2D eigenvalue weighted by molar-refractivity contribution is 0.306. The largest absolute Gasteiger partial charge is 0.489 e. The Balaban J connectivity index is 2.13. The topological polar surface area (TPSA) is 34.2 Å². The number of hydrogen-bond acceptors (Lipinski definition) is 3. The number of pyridine rings is 1. The van der Waals surface area contributed by atoms with Crippen LogP contribution >= 0.6 is 11.6 Å². The Hall–Kier alpha value is -1.74. The van der Waals surface area contributed by atoms with Crippen molar-refractivity contribution in [1.29, 1.82) is 0 Å². The van der Waals surface area contributed by atoms with E-state index in [1.54, 1.807) is 6.20 Å². The lowest BCUT2D eigenvalue weighted by atomic mass is 10.1. The molecule has 1 aromatic carbocycles. The number of rotatable bonds is 5. The van der Waals surface area contributed by atoms with Crippen LogP contribution in [0, 0.1) is 13.8 Å². The molecule has 0 fully saturated rings. The molecule has 106 valence electrons. The molecule has 2 aromatic rings. The summed E-state index contributed by atoms with van der Waals surface area (Å²) in [5.74, 6) is 1.70. The van der Waals surface area contributed by atoms with Crippen molar-refractivity contribution in [3.05, 3.63) is 52.2 Å². The molecule has 2 rings (SSSR count). The molecule has 3 nitrogen and oxygen atoms in total. The molecule has 0 bridgehead atoms. The molecule has 0 saturated carbocycles. The highest BCUT2D eigenvalue weighted by Gasteiger charge is 2.06. The van der Waals surface area contributed by atoms with E-state index in [1.165, 1.54) is 0 Å². The monoisotopic (exact) mass is 290 g/mol. The molecule has 1 aromatic heterocycles. The van der Waals surface area contributed by atoms with Crippen molar-refractivity contribution < 1.29 is 4.74 Å². The van der Waals surface area contributed by atoms with Crippen molar-refractivity contribution in [2.45, 2.75) is 27.4 Å². The SMILES string of the molecule is CCNc1ncccc1COc1cc(C)c(Cl)c(C)c1. The maximum absolute atomic E-state index is 6.16. The number of aryl methyl sites for hydroxylation is 2. The Kier molecular flexibility index (Phi) is 4.85. The van der Waals surface area contributed by atoms with E-state index in [-0.39, 0.29) is 0 Å². The first kappa shape index (κ1) is 14.7. The molecular weight excluding hydrogens is 272 g/mol. The number of aromatic nitrogens is 1. The first-order chi connectivity index (χ1) is 9.61. The zero-order chi connectivity index (χ0) is 14.5. The van der Waals surface area contributed by atoms with E-state index >= 15 is 0 Å². The zero-order valence-electron chi connectivity index (χ0n) is 12.0. The summed E-state index contributed by atoms with van der Waals surface area (Å²) in [6.45, 7) is 7.33. The Morgan fingerprint density at radius 1 is 1.25 bits per heavy atom. The Bertz CT molecular complexity index is 576. The van der Waals surface area contributed by atoms with Crippen molar-refractivity contribution >= 4 is 17.4 Å². The fraction of sp³-hybridized carbons (Fsp3) is 0.312. The minimum Gasteiger partial charge on any atom is -0.489 e. The summed E-state index contributed by atoms with van der Waals surface area (Å²) in [5, 5.41) is 4.03. The molecule has 0 spiro atoms. The first-order valence-corrected chi connectivity index (χ1v) is 7.07. The van der Waals surface area contributed by atoms with Gasteiger partial charge in [-0.1, -0.05) is 17.7 Å². The van der Waals surface area contributed by atoms with Gasteiger partial charge in [-0.15, -0.1) is 0 Å².